The zero-order valence-electron chi connectivity index (χ0n) is 16.5. The van der Waals surface area contributed by atoms with Gasteiger partial charge in [0.1, 0.15) is 17.5 Å². The van der Waals surface area contributed by atoms with Crippen molar-refractivity contribution in [1.29, 1.82) is 0 Å². The zero-order chi connectivity index (χ0) is 21.9. The smallest absolute Gasteiger partial charge is 0.390 e. The van der Waals surface area contributed by atoms with Crippen molar-refractivity contribution in [2.24, 2.45) is 4.99 Å². The molecular weight excluding hydrogens is 423 g/mol. The molecule has 1 unspecified atom stereocenters. The Bertz CT molecular complexity index is 822. The van der Waals surface area contributed by atoms with Gasteiger partial charge in [-0.1, -0.05) is 11.8 Å². The topological polar surface area (TPSA) is 99.8 Å². The van der Waals surface area contributed by atoms with Gasteiger partial charge >= 0.3 is 6.18 Å². The van der Waals surface area contributed by atoms with E-state index in [4.69, 9.17) is 0 Å². The van der Waals surface area contributed by atoms with E-state index in [2.05, 4.69) is 10.1 Å². The summed E-state index contributed by atoms with van der Waals surface area (Å²) in [5.74, 6) is -1.25. The molecule has 2 fully saturated rings. The Labute approximate surface area is 175 Å². The highest BCUT2D eigenvalue weighted by atomic mass is 32.2. The molecule has 12 heteroatoms. The van der Waals surface area contributed by atoms with Gasteiger partial charge in [-0.15, -0.1) is 0 Å². The lowest BCUT2D eigenvalue weighted by Gasteiger charge is -2.37. The van der Waals surface area contributed by atoms with Crippen molar-refractivity contribution in [3.63, 3.8) is 0 Å². The van der Waals surface area contributed by atoms with Crippen LogP contribution in [0.3, 0.4) is 0 Å². The van der Waals surface area contributed by atoms with Crippen LogP contribution >= 0.6 is 11.8 Å². The van der Waals surface area contributed by atoms with Crippen LogP contribution in [-0.4, -0.2) is 66.9 Å². The zero-order valence-corrected chi connectivity index (χ0v) is 17.3. The quantitative estimate of drug-likeness (QED) is 0.637. The first kappa shape index (κ1) is 22.6. The molecule has 2 amide bonds. The summed E-state index contributed by atoms with van der Waals surface area (Å²) in [6.07, 6.45) is 0.994. The molecule has 0 aromatic carbocycles. The Morgan fingerprint density at radius 3 is 2.77 bits per heavy atom. The molecule has 1 aromatic rings. The first-order valence-corrected chi connectivity index (χ1v) is 10.6. The molecule has 2 heterocycles. The fourth-order valence-corrected chi connectivity index (χ4v) is 4.40. The Morgan fingerprint density at radius 1 is 1.47 bits per heavy atom. The first-order valence-electron chi connectivity index (χ1n) is 9.73. The summed E-state index contributed by atoms with van der Waals surface area (Å²) in [5, 5.41) is 15.8. The van der Waals surface area contributed by atoms with Crippen LogP contribution in [0, 0.1) is 0 Å². The molecule has 0 bridgehead atoms. The molecule has 1 aliphatic heterocycles. The number of aliphatic hydroxyl groups is 1. The van der Waals surface area contributed by atoms with Crippen molar-refractivity contribution in [2.75, 3.05) is 13.1 Å². The highest BCUT2D eigenvalue weighted by Gasteiger charge is 2.42. The van der Waals surface area contributed by atoms with Crippen molar-refractivity contribution < 1.29 is 27.9 Å². The Kier molecular flexibility index (Phi) is 6.75. The second-order valence-electron chi connectivity index (χ2n) is 7.47. The molecule has 1 saturated carbocycles. The van der Waals surface area contributed by atoms with E-state index in [9.17, 15) is 27.9 Å². The number of carbonyl (C=O) groups excluding carboxylic acids is 2. The minimum absolute atomic E-state index is 0.226. The van der Waals surface area contributed by atoms with E-state index >= 15 is 0 Å². The van der Waals surface area contributed by atoms with Crippen LogP contribution in [0.5, 0.6) is 0 Å². The van der Waals surface area contributed by atoms with E-state index in [1.54, 1.807) is 22.4 Å². The maximum absolute atomic E-state index is 12.8. The van der Waals surface area contributed by atoms with Crippen molar-refractivity contribution in [2.45, 2.75) is 62.6 Å². The van der Waals surface area contributed by atoms with Crippen LogP contribution in [0.2, 0.25) is 0 Å². The maximum Gasteiger partial charge on any atom is 0.405 e. The number of amidine groups is 1. The number of aliphatic imine (C=N–C) groups is 1. The monoisotopic (exact) mass is 447 g/mol. The summed E-state index contributed by atoms with van der Waals surface area (Å²) in [5.41, 5.74) is -0.271. The number of aromatic nitrogens is 2. The summed E-state index contributed by atoms with van der Waals surface area (Å²) in [6.45, 7) is 1.35. The largest absolute Gasteiger partial charge is 0.405 e. The minimum atomic E-state index is -4.52. The number of rotatable bonds is 8. The van der Waals surface area contributed by atoms with Gasteiger partial charge < -0.3 is 10.4 Å². The summed E-state index contributed by atoms with van der Waals surface area (Å²) in [7, 11) is 0. The van der Waals surface area contributed by atoms with Crippen LogP contribution in [0.4, 0.5) is 18.9 Å². The van der Waals surface area contributed by atoms with Crippen LogP contribution in [-0.2, 0) is 16.1 Å². The maximum atomic E-state index is 12.8. The number of amides is 2. The number of hydrogen-bond acceptors (Lipinski definition) is 6. The van der Waals surface area contributed by atoms with E-state index in [0.29, 0.717) is 36.7 Å². The van der Waals surface area contributed by atoms with Gasteiger partial charge in [-0.2, -0.15) is 18.3 Å². The average Bonchev–Trinajstić information content (AvgIpc) is 3.21. The molecule has 166 valence electrons. The third-order valence-corrected chi connectivity index (χ3v) is 6.31. The van der Waals surface area contributed by atoms with Crippen molar-refractivity contribution in [1.82, 2.24) is 20.0 Å². The van der Waals surface area contributed by atoms with Gasteiger partial charge in [0.15, 0.2) is 5.17 Å². The Hall–Kier alpha value is -2.08. The fraction of sp³-hybridized carbons (Fsp3) is 0.667. The molecule has 0 radical (unpaired) electrons. The molecule has 1 aromatic heterocycles. The summed E-state index contributed by atoms with van der Waals surface area (Å²) in [6, 6.07) is 0. The van der Waals surface area contributed by atoms with Crippen molar-refractivity contribution in [3.8, 4) is 0 Å². The summed E-state index contributed by atoms with van der Waals surface area (Å²) < 4.78 is 38.6. The number of hydrogen-bond donors (Lipinski definition) is 2. The Balaban J connectivity index is 1.71. The van der Waals surface area contributed by atoms with Crippen LogP contribution < -0.4 is 5.32 Å². The van der Waals surface area contributed by atoms with E-state index in [0.717, 1.165) is 18.2 Å². The number of nitrogens with one attached hydrogen (secondary N) is 1. The summed E-state index contributed by atoms with van der Waals surface area (Å²) in [4.78, 5) is 30.6. The lowest BCUT2D eigenvalue weighted by Crippen LogP contribution is -2.43. The number of nitrogens with zero attached hydrogens (tertiary/aromatic N) is 4. The second-order valence-corrected chi connectivity index (χ2v) is 8.64. The highest BCUT2D eigenvalue weighted by molar-refractivity contribution is 8.15. The van der Waals surface area contributed by atoms with Crippen LogP contribution in [0.1, 0.15) is 39.0 Å². The molecule has 30 heavy (non-hydrogen) atoms. The molecular formula is C18H24F3N5O3S. The third-order valence-electron chi connectivity index (χ3n) is 5.13. The number of alkyl halides is 3. The highest BCUT2D eigenvalue weighted by Crippen LogP contribution is 2.37. The van der Waals surface area contributed by atoms with E-state index in [1.165, 1.54) is 4.90 Å². The second kappa shape index (κ2) is 8.96. The van der Waals surface area contributed by atoms with Gasteiger partial charge in [0.2, 0.25) is 11.8 Å². The molecule has 8 nitrogen and oxygen atoms in total. The number of thioether (sulfide) groups is 1. The number of halogens is 3. The molecule has 2 aliphatic rings. The van der Waals surface area contributed by atoms with Crippen molar-refractivity contribution >= 4 is 34.4 Å². The minimum Gasteiger partial charge on any atom is -0.390 e. The molecule has 3 rings (SSSR count). The molecule has 1 saturated heterocycles. The van der Waals surface area contributed by atoms with Crippen LogP contribution in [0.15, 0.2) is 17.4 Å². The molecule has 1 aliphatic carbocycles. The predicted octanol–water partition coefficient (Wildman–Crippen LogP) is 2.21. The summed E-state index contributed by atoms with van der Waals surface area (Å²) >= 11 is 1.04. The molecule has 2 N–H and O–H groups in total. The van der Waals surface area contributed by atoms with E-state index in [1.807, 2.05) is 6.92 Å². The normalized spacial score (nSPS) is 22.4. The Morgan fingerprint density at radius 2 is 2.20 bits per heavy atom. The van der Waals surface area contributed by atoms with Gasteiger partial charge in [-0.05, 0) is 32.6 Å². The predicted molar refractivity (Wildman–Crippen MR) is 105 cm³/mol. The van der Waals surface area contributed by atoms with Gasteiger partial charge in [-0.3, -0.25) is 19.2 Å². The number of carbonyl (C=O) groups is 2. The van der Waals surface area contributed by atoms with Gasteiger partial charge in [0, 0.05) is 19.5 Å². The lowest BCUT2D eigenvalue weighted by atomic mass is 9.78. The third kappa shape index (κ3) is 5.75. The fourth-order valence-electron chi connectivity index (χ4n) is 3.22. The SMILES string of the molecule is CCn1cc(N=C2SC(CC(=O)NCC(F)(F)F)C(=O)N2CCC2(O)CCC2)cn1. The standard InChI is InChI=1S/C18H24F3N5O3S/c1-2-25-10-12(9-23-25)24-16-26(7-6-17(29)4-3-5-17)15(28)13(30-16)8-14(27)22-11-18(19,20)21/h9-10,13,29H,2-8,11H2,1H3,(H,22,27). The average molecular weight is 447 g/mol. The van der Waals surface area contributed by atoms with Gasteiger partial charge in [-0.25, -0.2) is 4.99 Å². The molecule has 0 spiro atoms. The molecule has 1 atom stereocenters. The van der Waals surface area contributed by atoms with Gasteiger partial charge in [0.05, 0.1) is 18.0 Å². The number of aryl methyl sites for hydroxylation is 1. The lowest BCUT2D eigenvalue weighted by molar-refractivity contribution is -0.139. The van der Waals surface area contributed by atoms with E-state index < -0.39 is 35.4 Å². The van der Waals surface area contributed by atoms with Gasteiger partial charge in [0.25, 0.3) is 0 Å². The van der Waals surface area contributed by atoms with Crippen molar-refractivity contribution in [3.05, 3.63) is 12.4 Å². The van der Waals surface area contributed by atoms with Crippen LogP contribution in [0.25, 0.3) is 0 Å². The van der Waals surface area contributed by atoms with E-state index in [-0.39, 0.29) is 13.0 Å². The first-order chi connectivity index (χ1) is 14.1.